The SMILES string of the molecule is OC[C@@H](O)[C@H](O)[C@H](O)[C@H](CO)OCC1CO1. The smallest absolute Gasteiger partial charge is 0.111 e. The van der Waals surface area contributed by atoms with Crippen LogP contribution in [0.5, 0.6) is 0 Å². The zero-order valence-electron chi connectivity index (χ0n) is 8.77. The van der Waals surface area contributed by atoms with Crippen LogP contribution in [0.1, 0.15) is 0 Å². The molecule has 0 saturated carbocycles. The minimum absolute atomic E-state index is 0.0267. The van der Waals surface area contributed by atoms with Crippen LogP contribution in [0.15, 0.2) is 0 Å². The molecule has 16 heavy (non-hydrogen) atoms. The lowest BCUT2D eigenvalue weighted by Gasteiger charge is -2.27. The third-order valence-electron chi connectivity index (χ3n) is 2.39. The van der Waals surface area contributed by atoms with Gasteiger partial charge in [0.05, 0.1) is 26.4 Å². The molecule has 1 heterocycles. The van der Waals surface area contributed by atoms with Crippen molar-refractivity contribution in [1.29, 1.82) is 0 Å². The Hall–Kier alpha value is -0.280. The molecule has 0 aliphatic carbocycles. The largest absolute Gasteiger partial charge is 0.394 e. The van der Waals surface area contributed by atoms with E-state index in [1.54, 1.807) is 0 Å². The van der Waals surface area contributed by atoms with Gasteiger partial charge >= 0.3 is 0 Å². The summed E-state index contributed by atoms with van der Waals surface area (Å²) in [5.74, 6) is 0. The van der Waals surface area contributed by atoms with E-state index in [1.165, 1.54) is 0 Å². The summed E-state index contributed by atoms with van der Waals surface area (Å²) in [5, 5.41) is 45.6. The normalized spacial score (nSPS) is 27.2. The molecule has 0 aromatic carbocycles. The van der Waals surface area contributed by atoms with E-state index in [-0.39, 0.29) is 12.7 Å². The van der Waals surface area contributed by atoms with E-state index in [4.69, 9.17) is 24.8 Å². The molecule has 0 amide bonds. The lowest BCUT2D eigenvalue weighted by atomic mass is 10.0. The maximum Gasteiger partial charge on any atom is 0.111 e. The Morgan fingerprint density at radius 2 is 1.75 bits per heavy atom. The van der Waals surface area contributed by atoms with Gasteiger partial charge < -0.3 is 35.0 Å². The summed E-state index contributed by atoms with van der Waals surface area (Å²) in [7, 11) is 0. The first-order valence-corrected chi connectivity index (χ1v) is 5.09. The van der Waals surface area contributed by atoms with E-state index in [0.29, 0.717) is 6.61 Å². The van der Waals surface area contributed by atoms with Crippen LogP contribution in [0.3, 0.4) is 0 Å². The predicted molar refractivity (Wildman–Crippen MR) is 51.7 cm³/mol. The standard InChI is InChI=1S/C9H18O7/c10-1-6(12)8(13)9(14)7(2-11)16-4-5-3-15-5/h5-14H,1-4H2/t5?,6-,7+,8+,9-/m1/s1. The highest BCUT2D eigenvalue weighted by molar-refractivity contribution is 4.82. The van der Waals surface area contributed by atoms with Crippen molar-refractivity contribution in [2.45, 2.75) is 30.5 Å². The number of aliphatic hydroxyl groups is 5. The Kier molecular flexibility index (Phi) is 5.56. The van der Waals surface area contributed by atoms with E-state index >= 15 is 0 Å². The van der Waals surface area contributed by atoms with Gasteiger partial charge in [-0.1, -0.05) is 0 Å². The first-order chi connectivity index (χ1) is 7.60. The average Bonchev–Trinajstić information content (AvgIpc) is 3.11. The first kappa shape index (κ1) is 13.8. The third kappa shape index (κ3) is 3.95. The quantitative estimate of drug-likeness (QED) is 0.283. The summed E-state index contributed by atoms with van der Waals surface area (Å²) in [6.07, 6.45) is -5.54. The van der Waals surface area contributed by atoms with Gasteiger partial charge in [-0.25, -0.2) is 0 Å². The van der Waals surface area contributed by atoms with Crippen LogP contribution in [0.25, 0.3) is 0 Å². The summed E-state index contributed by atoms with van der Waals surface area (Å²) < 4.78 is 9.99. The van der Waals surface area contributed by atoms with Crippen LogP contribution in [-0.2, 0) is 9.47 Å². The highest BCUT2D eigenvalue weighted by Crippen LogP contribution is 2.13. The van der Waals surface area contributed by atoms with E-state index < -0.39 is 37.6 Å². The molecule has 1 unspecified atom stereocenters. The van der Waals surface area contributed by atoms with Gasteiger partial charge in [0.1, 0.15) is 30.5 Å². The van der Waals surface area contributed by atoms with Gasteiger partial charge in [0.15, 0.2) is 0 Å². The molecule has 5 N–H and O–H groups in total. The molecule has 1 aliphatic heterocycles. The molecule has 96 valence electrons. The average molecular weight is 238 g/mol. The minimum Gasteiger partial charge on any atom is -0.394 e. The second-order valence-electron chi connectivity index (χ2n) is 3.74. The second-order valence-corrected chi connectivity index (χ2v) is 3.74. The van der Waals surface area contributed by atoms with Crippen molar-refractivity contribution in [3.05, 3.63) is 0 Å². The van der Waals surface area contributed by atoms with E-state index in [0.717, 1.165) is 0 Å². The minimum atomic E-state index is -1.57. The number of epoxide rings is 1. The Labute approximate surface area is 92.9 Å². The summed E-state index contributed by atoms with van der Waals surface area (Å²) in [6, 6.07) is 0. The maximum atomic E-state index is 9.57. The van der Waals surface area contributed by atoms with Crippen molar-refractivity contribution in [2.75, 3.05) is 26.4 Å². The third-order valence-corrected chi connectivity index (χ3v) is 2.39. The van der Waals surface area contributed by atoms with E-state index in [1.807, 2.05) is 0 Å². The van der Waals surface area contributed by atoms with Crippen LogP contribution >= 0.6 is 0 Å². The molecule has 7 nitrogen and oxygen atoms in total. The fraction of sp³-hybridized carbons (Fsp3) is 1.00. The monoisotopic (exact) mass is 238 g/mol. The van der Waals surface area contributed by atoms with Crippen molar-refractivity contribution >= 4 is 0 Å². The molecule has 1 saturated heterocycles. The van der Waals surface area contributed by atoms with Crippen molar-refractivity contribution in [3.8, 4) is 0 Å². The first-order valence-electron chi connectivity index (χ1n) is 5.09. The molecular weight excluding hydrogens is 220 g/mol. The van der Waals surface area contributed by atoms with Crippen molar-refractivity contribution < 1.29 is 35.0 Å². The van der Waals surface area contributed by atoms with Crippen LogP contribution < -0.4 is 0 Å². The highest BCUT2D eigenvalue weighted by Gasteiger charge is 2.33. The molecule has 5 atom stereocenters. The molecule has 1 aliphatic rings. The molecule has 0 bridgehead atoms. The summed E-state index contributed by atoms with van der Waals surface area (Å²) in [6.45, 7) is -0.383. The zero-order chi connectivity index (χ0) is 12.1. The van der Waals surface area contributed by atoms with Crippen molar-refractivity contribution in [2.24, 2.45) is 0 Å². The van der Waals surface area contributed by atoms with Gasteiger partial charge in [-0.05, 0) is 0 Å². The van der Waals surface area contributed by atoms with Gasteiger partial charge in [-0.2, -0.15) is 0 Å². The molecule has 0 aromatic rings. The zero-order valence-corrected chi connectivity index (χ0v) is 8.77. The van der Waals surface area contributed by atoms with Gasteiger partial charge in [-0.15, -0.1) is 0 Å². The van der Waals surface area contributed by atoms with Gasteiger partial charge in [0, 0.05) is 0 Å². The fourth-order valence-corrected chi connectivity index (χ4v) is 1.21. The number of hydrogen-bond acceptors (Lipinski definition) is 7. The summed E-state index contributed by atoms with van der Waals surface area (Å²) in [5.41, 5.74) is 0. The molecular formula is C9H18O7. The molecule has 1 fully saturated rings. The maximum absolute atomic E-state index is 9.57. The Balaban J connectivity index is 2.36. The van der Waals surface area contributed by atoms with Crippen molar-refractivity contribution in [1.82, 2.24) is 0 Å². The summed E-state index contributed by atoms with van der Waals surface area (Å²) >= 11 is 0. The van der Waals surface area contributed by atoms with Crippen LogP contribution in [0.4, 0.5) is 0 Å². The number of rotatable bonds is 8. The Bertz CT molecular complexity index is 196. The van der Waals surface area contributed by atoms with Crippen molar-refractivity contribution in [3.63, 3.8) is 0 Å². The lowest BCUT2D eigenvalue weighted by molar-refractivity contribution is -0.142. The Morgan fingerprint density at radius 3 is 2.19 bits per heavy atom. The molecule has 0 spiro atoms. The van der Waals surface area contributed by atoms with E-state index in [9.17, 15) is 10.2 Å². The summed E-state index contributed by atoms with van der Waals surface area (Å²) in [4.78, 5) is 0. The molecule has 0 radical (unpaired) electrons. The topological polar surface area (TPSA) is 123 Å². The molecule has 0 aromatic heterocycles. The fourth-order valence-electron chi connectivity index (χ4n) is 1.21. The second kappa shape index (κ2) is 6.45. The number of ether oxygens (including phenoxy) is 2. The van der Waals surface area contributed by atoms with Crippen LogP contribution in [0.2, 0.25) is 0 Å². The lowest BCUT2D eigenvalue weighted by Crippen LogP contribution is -2.48. The van der Waals surface area contributed by atoms with Gasteiger partial charge in [0.2, 0.25) is 0 Å². The number of hydrogen-bond donors (Lipinski definition) is 5. The van der Waals surface area contributed by atoms with Gasteiger partial charge in [0.25, 0.3) is 0 Å². The van der Waals surface area contributed by atoms with Crippen LogP contribution in [-0.4, -0.2) is 82.5 Å². The van der Waals surface area contributed by atoms with Gasteiger partial charge in [-0.3, -0.25) is 0 Å². The molecule has 1 rings (SSSR count). The Morgan fingerprint density at radius 1 is 1.12 bits per heavy atom. The predicted octanol–water partition coefficient (Wildman–Crippen LogP) is -3.16. The van der Waals surface area contributed by atoms with Crippen LogP contribution in [0, 0.1) is 0 Å². The molecule has 7 heteroatoms. The van der Waals surface area contributed by atoms with E-state index in [2.05, 4.69) is 0 Å². The highest BCUT2D eigenvalue weighted by atomic mass is 16.6. The number of aliphatic hydroxyl groups excluding tert-OH is 5.